The van der Waals surface area contributed by atoms with Gasteiger partial charge in [-0.15, -0.1) is 0 Å². The first-order chi connectivity index (χ1) is 8.50. The van der Waals surface area contributed by atoms with Crippen molar-refractivity contribution in [1.29, 1.82) is 0 Å². The molecule has 2 rings (SSSR count). The van der Waals surface area contributed by atoms with Crippen molar-refractivity contribution < 1.29 is 8.42 Å². The van der Waals surface area contributed by atoms with E-state index in [0.717, 1.165) is 25.7 Å². The molecule has 1 fully saturated rings. The average molecular weight is 397 g/mol. The van der Waals surface area contributed by atoms with Crippen LogP contribution in [0, 0.1) is 0 Å². The highest BCUT2D eigenvalue weighted by atomic mass is 79.9. The molecule has 1 aliphatic rings. The van der Waals surface area contributed by atoms with Gasteiger partial charge in [0.1, 0.15) is 0 Å². The molecule has 18 heavy (non-hydrogen) atoms. The number of hydrogen-bond donors (Lipinski definition) is 1. The number of halogens is 2. The van der Waals surface area contributed by atoms with E-state index in [1.165, 1.54) is 0 Å². The van der Waals surface area contributed by atoms with Gasteiger partial charge in [-0.1, -0.05) is 40.9 Å². The van der Waals surface area contributed by atoms with Crippen LogP contribution >= 0.6 is 31.9 Å². The van der Waals surface area contributed by atoms with Gasteiger partial charge in [-0.05, 0) is 40.9 Å². The van der Waals surface area contributed by atoms with Crippen LogP contribution in [0.4, 0.5) is 0 Å². The van der Waals surface area contributed by atoms with Crippen LogP contribution in [-0.2, 0) is 10.0 Å². The molecule has 2 unspecified atom stereocenters. The Kier molecular flexibility index (Phi) is 4.86. The van der Waals surface area contributed by atoms with Crippen LogP contribution in [0.3, 0.4) is 0 Å². The lowest BCUT2D eigenvalue weighted by Crippen LogP contribution is -2.42. The maximum atomic E-state index is 12.3. The van der Waals surface area contributed by atoms with Crippen molar-refractivity contribution >= 4 is 41.9 Å². The molecule has 0 amide bonds. The largest absolute Gasteiger partial charge is 0.241 e. The van der Waals surface area contributed by atoms with E-state index in [-0.39, 0.29) is 10.9 Å². The zero-order chi connectivity index (χ0) is 13.2. The van der Waals surface area contributed by atoms with Gasteiger partial charge in [-0.3, -0.25) is 0 Å². The summed E-state index contributed by atoms with van der Waals surface area (Å²) in [5, 5.41) is 0. The molecule has 1 N–H and O–H groups in total. The summed E-state index contributed by atoms with van der Waals surface area (Å²) in [4.78, 5) is 0.527. The molecule has 1 aromatic rings. The Hall–Kier alpha value is 0.0900. The molecule has 100 valence electrons. The molecule has 0 radical (unpaired) electrons. The molecule has 0 aromatic heterocycles. The lowest BCUT2D eigenvalue weighted by atomic mass is 9.96. The minimum atomic E-state index is -3.45. The predicted octanol–water partition coefficient (Wildman–Crippen LogP) is 3.43. The smallest absolute Gasteiger partial charge is 0.207 e. The van der Waals surface area contributed by atoms with Crippen molar-refractivity contribution in [2.75, 3.05) is 0 Å². The van der Waals surface area contributed by atoms with Gasteiger partial charge in [-0.25, -0.2) is 13.1 Å². The normalized spacial score (nSPS) is 25.0. The van der Waals surface area contributed by atoms with E-state index in [2.05, 4.69) is 36.6 Å². The molecule has 2 atom stereocenters. The maximum Gasteiger partial charge on any atom is 0.241 e. The van der Waals surface area contributed by atoms with Crippen molar-refractivity contribution in [3.63, 3.8) is 0 Å². The summed E-state index contributed by atoms with van der Waals surface area (Å²) in [5.74, 6) is 0. The lowest BCUT2D eigenvalue weighted by Gasteiger charge is -2.28. The minimum Gasteiger partial charge on any atom is -0.207 e. The topological polar surface area (TPSA) is 46.2 Å². The van der Waals surface area contributed by atoms with Gasteiger partial charge in [0.05, 0.1) is 4.90 Å². The molecular formula is C12H15Br2NO2S. The predicted molar refractivity (Wildman–Crippen MR) is 79.4 cm³/mol. The Morgan fingerprint density at radius 2 is 1.83 bits per heavy atom. The Balaban J connectivity index is 2.19. The van der Waals surface area contributed by atoms with Gasteiger partial charge in [0, 0.05) is 15.3 Å². The van der Waals surface area contributed by atoms with E-state index in [0.29, 0.717) is 9.37 Å². The Bertz CT molecular complexity index is 519. The summed E-state index contributed by atoms with van der Waals surface area (Å²) >= 11 is 6.84. The Morgan fingerprint density at radius 3 is 2.50 bits per heavy atom. The molecule has 0 saturated heterocycles. The van der Waals surface area contributed by atoms with Crippen LogP contribution in [0.25, 0.3) is 0 Å². The van der Waals surface area contributed by atoms with Gasteiger partial charge in [0.15, 0.2) is 0 Å². The molecule has 0 spiro atoms. The third kappa shape index (κ3) is 3.35. The van der Waals surface area contributed by atoms with Gasteiger partial charge in [0.2, 0.25) is 10.0 Å². The monoisotopic (exact) mass is 395 g/mol. The van der Waals surface area contributed by atoms with Crippen molar-refractivity contribution in [3.05, 3.63) is 28.7 Å². The van der Waals surface area contributed by atoms with Crippen LogP contribution in [0.2, 0.25) is 0 Å². The second-order valence-electron chi connectivity index (χ2n) is 4.46. The van der Waals surface area contributed by atoms with Gasteiger partial charge in [0.25, 0.3) is 0 Å². The minimum absolute atomic E-state index is 0.0177. The Labute approximate surface area is 125 Å². The molecule has 3 nitrogen and oxygen atoms in total. The summed E-state index contributed by atoms with van der Waals surface area (Å²) in [6.45, 7) is 0. The second kappa shape index (κ2) is 6.03. The van der Waals surface area contributed by atoms with Gasteiger partial charge in [-0.2, -0.15) is 0 Å². The van der Waals surface area contributed by atoms with Crippen molar-refractivity contribution in [2.45, 2.75) is 41.4 Å². The number of rotatable bonds is 3. The molecule has 0 heterocycles. The lowest BCUT2D eigenvalue weighted by molar-refractivity contribution is 0.427. The summed E-state index contributed by atoms with van der Waals surface area (Å²) in [6, 6.07) is 6.86. The van der Waals surface area contributed by atoms with E-state index in [1.807, 2.05) is 0 Å². The fourth-order valence-electron chi connectivity index (χ4n) is 2.14. The zero-order valence-electron chi connectivity index (χ0n) is 9.77. The fraction of sp³-hybridized carbons (Fsp3) is 0.500. The Morgan fingerprint density at radius 1 is 1.17 bits per heavy atom. The van der Waals surface area contributed by atoms with E-state index < -0.39 is 10.0 Å². The highest BCUT2D eigenvalue weighted by Gasteiger charge is 2.28. The number of alkyl halides is 1. The van der Waals surface area contributed by atoms with E-state index in [1.54, 1.807) is 24.3 Å². The van der Waals surface area contributed by atoms with Crippen LogP contribution in [0.1, 0.15) is 25.7 Å². The summed E-state index contributed by atoms with van der Waals surface area (Å²) in [5.41, 5.74) is 0. The first-order valence-corrected chi connectivity index (χ1v) is 9.11. The molecule has 0 bridgehead atoms. The summed E-state index contributed by atoms with van der Waals surface area (Å²) in [6.07, 6.45) is 4.14. The number of nitrogens with one attached hydrogen (secondary N) is 1. The van der Waals surface area contributed by atoms with E-state index >= 15 is 0 Å². The van der Waals surface area contributed by atoms with Crippen LogP contribution in [0.15, 0.2) is 33.6 Å². The summed E-state index contributed by atoms with van der Waals surface area (Å²) < 4.78 is 28.0. The summed E-state index contributed by atoms with van der Waals surface area (Å²) in [7, 11) is -3.45. The quantitative estimate of drug-likeness (QED) is 0.795. The second-order valence-corrected chi connectivity index (χ2v) is 8.17. The van der Waals surface area contributed by atoms with Crippen LogP contribution < -0.4 is 4.72 Å². The SMILES string of the molecule is O=S(=O)(NC1CCCCC1Br)c1ccccc1Br. The first kappa shape index (κ1) is 14.5. The van der Waals surface area contributed by atoms with Gasteiger partial charge < -0.3 is 0 Å². The number of sulfonamides is 1. The number of hydrogen-bond acceptors (Lipinski definition) is 2. The first-order valence-electron chi connectivity index (χ1n) is 5.91. The average Bonchev–Trinajstić information content (AvgIpc) is 2.32. The van der Waals surface area contributed by atoms with E-state index in [9.17, 15) is 8.42 Å². The standard InChI is InChI=1S/C12H15Br2NO2S/c13-9-5-1-3-7-11(9)15-18(16,17)12-8-4-2-6-10(12)14/h2,4,6,8-9,11,15H,1,3,5,7H2. The fourth-order valence-corrected chi connectivity index (χ4v) is 5.35. The van der Waals surface area contributed by atoms with Gasteiger partial charge >= 0.3 is 0 Å². The molecule has 1 saturated carbocycles. The van der Waals surface area contributed by atoms with Crippen LogP contribution in [0.5, 0.6) is 0 Å². The highest BCUT2D eigenvalue weighted by Crippen LogP contribution is 2.27. The van der Waals surface area contributed by atoms with Crippen molar-refractivity contribution in [2.24, 2.45) is 0 Å². The third-order valence-corrected chi connectivity index (χ3v) is 6.71. The van der Waals surface area contributed by atoms with E-state index in [4.69, 9.17) is 0 Å². The van der Waals surface area contributed by atoms with Crippen LogP contribution in [-0.4, -0.2) is 19.3 Å². The van der Waals surface area contributed by atoms with Crippen molar-refractivity contribution in [3.8, 4) is 0 Å². The molecule has 1 aromatic carbocycles. The molecule has 1 aliphatic carbocycles. The molecule has 6 heteroatoms. The highest BCUT2D eigenvalue weighted by molar-refractivity contribution is 9.10. The molecule has 0 aliphatic heterocycles. The maximum absolute atomic E-state index is 12.3. The van der Waals surface area contributed by atoms with Crippen molar-refractivity contribution in [1.82, 2.24) is 4.72 Å². The molecular weight excluding hydrogens is 382 g/mol. The zero-order valence-corrected chi connectivity index (χ0v) is 13.8. The number of benzene rings is 1. The third-order valence-electron chi connectivity index (χ3n) is 3.11.